The van der Waals surface area contributed by atoms with Gasteiger partial charge in [-0.25, -0.2) is 13.6 Å². The van der Waals surface area contributed by atoms with Gasteiger partial charge in [-0.2, -0.15) is 0 Å². The molecule has 6 heteroatoms. The van der Waals surface area contributed by atoms with E-state index in [-0.39, 0.29) is 29.7 Å². The van der Waals surface area contributed by atoms with E-state index < -0.39 is 9.47 Å². The van der Waals surface area contributed by atoms with Gasteiger partial charge in [0.05, 0.1) is 0 Å². The van der Waals surface area contributed by atoms with Gasteiger partial charge in [-0.3, -0.25) is 0 Å². The van der Waals surface area contributed by atoms with Crippen LogP contribution in [-0.2, 0) is 9.47 Å². The monoisotopic (exact) mass is 119 g/mol. The first-order valence-corrected chi connectivity index (χ1v) is 5.38. The van der Waals surface area contributed by atoms with Gasteiger partial charge in [0.2, 0.25) is 0 Å². The fraction of sp³-hybridized carbons (Fsp3) is 0. The van der Waals surface area contributed by atoms with Gasteiger partial charge in [-0.15, -0.1) is 0 Å². The summed E-state index contributed by atoms with van der Waals surface area (Å²) in [6, 6.07) is 0. The van der Waals surface area contributed by atoms with Gasteiger partial charge in [-0.1, -0.05) is 0 Å². The van der Waals surface area contributed by atoms with Crippen molar-refractivity contribution in [2.45, 2.75) is 0 Å². The molecule has 34 valence electrons. The average molecular weight is 119 g/mol. The standard InChI is InChI=1S/Li.H5NO2SSi.H/c;1-4(2,3)5;/h;5H3,(H2,1,2,3);/q+1;;-1. The molecule has 0 saturated heterocycles. The summed E-state index contributed by atoms with van der Waals surface area (Å²) in [4.78, 5) is 0. The first kappa shape index (κ1) is 9.87. The summed E-state index contributed by atoms with van der Waals surface area (Å²) in [5, 5.41) is 4.39. The second-order valence-corrected chi connectivity index (χ2v) is 5.90. The summed E-state index contributed by atoms with van der Waals surface area (Å²) in [7, 11) is -2.97. The second-order valence-electron chi connectivity index (χ2n) is 0.830. The summed E-state index contributed by atoms with van der Waals surface area (Å²) < 4.78 is 18.9. The van der Waals surface area contributed by atoms with E-state index in [1.54, 1.807) is 0 Å². The molecule has 0 unspecified atom stereocenters. The molecular weight excluding hydrogens is 113 g/mol. The molecule has 0 aromatic heterocycles. The smallest absolute Gasteiger partial charge is 1.00 e. The van der Waals surface area contributed by atoms with Crippen LogP contribution in [-0.4, -0.2) is 17.8 Å². The minimum absolute atomic E-state index is 0. The SMILES string of the molecule is NS(=O)(=O)[SiH3].[H-].[Li+]. The van der Waals surface area contributed by atoms with E-state index in [1.807, 2.05) is 0 Å². The Hall–Kier alpha value is 0.724. The van der Waals surface area contributed by atoms with Crippen LogP contribution in [0.1, 0.15) is 1.43 Å². The van der Waals surface area contributed by atoms with E-state index in [0.717, 1.165) is 0 Å². The minimum Gasteiger partial charge on any atom is -1.00 e. The third kappa shape index (κ3) is 125. The Morgan fingerprint density at radius 3 is 1.67 bits per heavy atom. The predicted molar refractivity (Wildman–Crippen MR) is 24.2 cm³/mol. The van der Waals surface area contributed by atoms with Crippen LogP contribution < -0.4 is 24.0 Å². The summed E-state index contributed by atoms with van der Waals surface area (Å²) in [6.07, 6.45) is 0. The van der Waals surface area contributed by atoms with Crippen molar-refractivity contribution in [2.75, 3.05) is 0 Å². The molecule has 0 aliphatic carbocycles. The van der Waals surface area contributed by atoms with E-state index in [2.05, 4.69) is 5.14 Å². The van der Waals surface area contributed by atoms with Gasteiger partial charge in [0, 0.05) is 0 Å². The van der Waals surface area contributed by atoms with Gasteiger partial charge >= 0.3 is 18.9 Å². The molecule has 0 radical (unpaired) electrons. The quantitative estimate of drug-likeness (QED) is 0.324. The molecule has 0 atom stereocenters. The average Bonchev–Trinajstić information content (AvgIpc) is 0.722. The normalized spacial score (nSPS) is 10.2. The largest absolute Gasteiger partial charge is 1.00 e. The molecule has 0 amide bonds. The Morgan fingerprint density at radius 1 is 1.67 bits per heavy atom. The van der Waals surface area contributed by atoms with Crippen LogP contribution in [0.25, 0.3) is 0 Å². The molecule has 0 aliphatic heterocycles. The van der Waals surface area contributed by atoms with Crippen molar-refractivity contribution >= 4 is 18.9 Å². The Labute approximate surface area is 53.1 Å². The van der Waals surface area contributed by atoms with Crippen LogP contribution in [0.4, 0.5) is 0 Å². The van der Waals surface area contributed by atoms with Gasteiger partial charge in [-0.05, 0) is 0 Å². The van der Waals surface area contributed by atoms with E-state index in [4.69, 9.17) is 0 Å². The molecule has 0 heterocycles. The zero-order valence-electron chi connectivity index (χ0n) is 4.80. The van der Waals surface area contributed by atoms with Crippen molar-refractivity contribution in [3.05, 3.63) is 0 Å². The summed E-state index contributed by atoms with van der Waals surface area (Å²) >= 11 is 0. The van der Waals surface area contributed by atoms with Crippen molar-refractivity contribution in [3.8, 4) is 0 Å². The molecule has 6 heavy (non-hydrogen) atoms. The Morgan fingerprint density at radius 2 is 1.67 bits per heavy atom. The summed E-state index contributed by atoms with van der Waals surface area (Å²) in [5.41, 5.74) is 0. The summed E-state index contributed by atoms with van der Waals surface area (Å²) in [6.45, 7) is 0. The molecule has 0 aromatic rings. The maximum Gasteiger partial charge on any atom is 1.00 e. The van der Waals surface area contributed by atoms with Crippen LogP contribution in [0, 0.1) is 0 Å². The van der Waals surface area contributed by atoms with Gasteiger partial charge in [0.15, 0.2) is 18.9 Å². The molecular formula is H6LiNO2SSi. The van der Waals surface area contributed by atoms with Crippen LogP contribution in [0.2, 0.25) is 0 Å². The third-order valence-electron chi connectivity index (χ3n) is 0. The Balaban J connectivity index is -0.0000000800. The third-order valence-corrected chi connectivity index (χ3v) is 0. The molecule has 2 N–H and O–H groups in total. The fourth-order valence-electron chi connectivity index (χ4n) is 0. The van der Waals surface area contributed by atoms with Crippen LogP contribution in [0.3, 0.4) is 0 Å². The van der Waals surface area contributed by atoms with Gasteiger partial charge in [0.1, 0.15) is 0 Å². The molecule has 0 fully saturated rings. The van der Waals surface area contributed by atoms with E-state index in [9.17, 15) is 8.42 Å². The first-order valence-electron chi connectivity index (χ1n) is 0.977. The van der Waals surface area contributed by atoms with Gasteiger partial charge in [0.25, 0.3) is 0 Å². The minimum atomic E-state index is -3.03. The molecule has 0 rings (SSSR count). The fourth-order valence-corrected chi connectivity index (χ4v) is 0. The molecule has 3 nitrogen and oxygen atoms in total. The van der Waals surface area contributed by atoms with Crippen molar-refractivity contribution in [1.29, 1.82) is 0 Å². The van der Waals surface area contributed by atoms with Crippen LogP contribution >= 0.6 is 0 Å². The maximum absolute atomic E-state index is 9.47. The maximum atomic E-state index is 9.47. The number of nitrogens with two attached hydrogens (primary N) is 1. The van der Waals surface area contributed by atoms with Crippen LogP contribution in [0.5, 0.6) is 0 Å². The molecule has 0 bridgehead atoms. The molecule has 0 aliphatic rings. The number of hydrogen-bond acceptors (Lipinski definition) is 2. The van der Waals surface area contributed by atoms with Crippen molar-refractivity contribution in [1.82, 2.24) is 0 Å². The molecule has 0 spiro atoms. The van der Waals surface area contributed by atoms with E-state index >= 15 is 0 Å². The van der Waals surface area contributed by atoms with Gasteiger partial charge < -0.3 is 1.43 Å². The zero-order chi connectivity index (χ0) is 4.50. The Bertz CT molecular complexity index is 101. The molecule has 0 saturated carbocycles. The number of rotatable bonds is 0. The summed E-state index contributed by atoms with van der Waals surface area (Å²) in [5.74, 6) is 0. The second kappa shape index (κ2) is 2.83. The number of hydrogen-bond donors (Lipinski definition) is 1. The van der Waals surface area contributed by atoms with Crippen molar-refractivity contribution < 1.29 is 28.7 Å². The van der Waals surface area contributed by atoms with Crippen molar-refractivity contribution in [2.24, 2.45) is 5.14 Å². The van der Waals surface area contributed by atoms with Crippen LogP contribution in [0.15, 0.2) is 0 Å². The van der Waals surface area contributed by atoms with E-state index in [1.165, 1.54) is 0 Å². The first-order chi connectivity index (χ1) is 2.00. The van der Waals surface area contributed by atoms with Crippen molar-refractivity contribution in [3.63, 3.8) is 0 Å². The molecule has 0 aromatic carbocycles. The zero-order valence-corrected chi connectivity index (χ0v) is 6.62. The Kier molecular flexibility index (Phi) is 4.65. The predicted octanol–water partition coefficient (Wildman–Crippen LogP) is -5.33. The topological polar surface area (TPSA) is 60.2 Å². The van der Waals surface area contributed by atoms with E-state index in [0.29, 0.717) is 0 Å².